The first-order valence-corrected chi connectivity index (χ1v) is 10.0. The van der Waals surface area contributed by atoms with Crippen molar-refractivity contribution in [1.82, 2.24) is 0 Å². The summed E-state index contributed by atoms with van der Waals surface area (Å²) in [6.07, 6.45) is 3.18. The van der Waals surface area contributed by atoms with Gasteiger partial charge in [0.05, 0.1) is 12.7 Å². The van der Waals surface area contributed by atoms with Gasteiger partial charge in [-0.1, -0.05) is 40.5 Å². The van der Waals surface area contributed by atoms with E-state index >= 15 is 0 Å². The summed E-state index contributed by atoms with van der Waals surface area (Å²) in [7, 11) is -1.79. The van der Waals surface area contributed by atoms with Gasteiger partial charge in [0, 0.05) is 12.5 Å². The fraction of sp³-hybridized carbons (Fsp3) is 1.00. The van der Waals surface area contributed by atoms with E-state index < -0.39 is 14.4 Å². The fourth-order valence-corrected chi connectivity index (χ4v) is 3.03. The van der Waals surface area contributed by atoms with Gasteiger partial charge in [-0.05, 0) is 24.6 Å². The van der Waals surface area contributed by atoms with E-state index in [4.69, 9.17) is 9.53 Å². The molecule has 0 aliphatic rings. The molecule has 18 heavy (non-hydrogen) atoms. The molecule has 0 fully saturated rings. The van der Waals surface area contributed by atoms with Crippen molar-refractivity contribution < 1.29 is 14.6 Å². The zero-order valence-corrected chi connectivity index (χ0v) is 14.0. The molecule has 110 valence electrons. The largest absolute Gasteiger partial charge is 0.414 e. The van der Waals surface area contributed by atoms with Gasteiger partial charge in [0.1, 0.15) is 0 Å². The minimum Gasteiger partial charge on any atom is -0.414 e. The van der Waals surface area contributed by atoms with Gasteiger partial charge < -0.3 is 14.6 Å². The Hall–Kier alpha value is 0.0969. The van der Waals surface area contributed by atoms with Crippen LogP contribution in [0.3, 0.4) is 0 Å². The van der Waals surface area contributed by atoms with Crippen LogP contribution >= 0.6 is 0 Å². The lowest BCUT2D eigenvalue weighted by Gasteiger charge is -2.39. The van der Waals surface area contributed by atoms with Crippen LogP contribution in [0.2, 0.25) is 18.1 Å². The predicted octanol–water partition coefficient (Wildman–Crippen LogP) is 3.31. The molecule has 3 nitrogen and oxygen atoms in total. The highest BCUT2D eigenvalue weighted by Gasteiger charge is 2.39. The molecule has 0 aliphatic carbocycles. The summed E-state index contributed by atoms with van der Waals surface area (Å²) in [6, 6.07) is 0. The van der Waals surface area contributed by atoms with Crippen molar-refractivity contribution in [3.05, 3.63) is 0 Å². The van der Waals surface area contributed by atoms with Crippen LogP contribution in [0.15, 0.2) is 0 Å². The van der Waals surface area contributed by atoms with Crippen molar-refractivity contribution in [2.24, 2.45) is 0 Å². The number of aliphatic hydroxyl groups excluding tert-OH is 2. The van der Waals surface area contributed by atoms with E-state index in [2.05, 4.69) is 40.8 Å². The Bertz CT molecular complexity index is 224. The predicted molar refractivity (Wildman–Crippen MR) is 79.3 cm³/mol. The highest BCUT2D eigenvalue weighted by molar-refractivity contribution is 6.74. The number of aliphatic hydroxyl groups is 2. The molecule has 0 amide bonds. The second-order valence-corrected chi connectivity index (χ2v) is 11.5. The molecule has 0 saturated heterocycles. The molecule has 2 N–H and O–H groups in total. The average Bonchev–Trinajstić information content (AvgIpc) is 2.23. The topological polar surface area (TPSA) is 49.7 Å². The molecule has 0 aliphatic heterocycles. The summed E-state index contributed by atoms with van der Waals surface area (Å²) in [5, 5.41) is 18.8. The van der Waals surface area contributed by atoms with Gasteiger partial charge in [-0.15, -0.1) is 0 Å². The lowest BCUT2D eigenvalue weighted by atomic mass is 10.1. The Kier molecular flexibility index (Phi) is 7.67. The molecule has 4 heteroatoms. The minimum absolute atomic E-state index is 0.0768. The van der Waals surface area contributed by atoms with Crippen LogP contribution in [0.5, 0.6) is 0 Å². The van der Waals surface area contributed by atoms with Crippen LogP contribution in [0, 0.1) is 0 Å². The van der Waals surface area contributed by atoms with Crippen LogP contribution in [0.1, 0.15) is 53.4 Å². The van der Waals surface area contributed by atoms with Gasteiger partial charge in [0.15, 0.2) is 8.32 Å². The summed E-state index contributed by atoms with van der Waals surface area (Å²) >= 11 is 0. The maximum Gasteiger partial charge on any atom is 0.192 e. The molecule has 0 spiro atoms. The third-order valence-corrected chi connectivity index (χ3v) is 8.43. The molecule has 0 aromatic carbocycles. The van der Waals surface area contributed by atoms with Crippen molar-refractivity contribution >= 4 is 8.32 Å². The second-order valence-electron chi connectivity index (χ2n) is 6.71. The fourth-order valence-electron chi connectivity index (χ4n) is 1.63. The lowest BCUT2D eigenvalue weighted by molar-refractivity contribution is 0.0422. The van der Waals surface area contributed by atoms with Crippen LogP contribution < -0.4 is 0 Å². The molecule has 2 atom stereocenters. The SMILES string of the molecule is CCCC[C@H](C[C@H](O)CO)O[Si](C)(C)C(C)(C)C. The Morgan fingerprint density at radius 3 is 2.17 bits per heavy atom. The molecule has 0 aromatic heterocycles. The van der Waals surface area contributed by atoms with E-state index in [0.717, 1.165) is 19.3 Å². The van der Waals surface area contributed by atoms with Crippen LogP contribution in [-0.4, -0.2) is 37.3 Å². The summed E-state index contributed by atoms with van der Waals surface area (Å²) in [4.78, 5) is 0. The average molecular weight is 276 g/mol. The third-order valence-electron chi connectivity index (χ3n) is 3.89. The lowest BCUT2D eigenvalue weighted by Crippen LogP contribution is -2.44. The molecule has 0 saturated carbocycles. The third kappa shape index (κ3) is 6.32. The van der Waals surface area contributed by atoms with Gasteiger partial charge in [-0.3, -0.25) is 0 Å². The Morgan fingerprint density at radius 1 is 1.22 bits per heavy atom. The van der Waals surface area contributed by atoms with E-state index in [1.807, 2.05) is 0 Å². The highest BCUT2D eigenvalue weighted by Crippen LogP contribution is 2.38. The van der Waals surface area contributed by atoms with Gasteiger partial charge in [0.2, 0.25) is 0 Å². The van der Waals surface area contributed by atoms with Crippen LogP contribution in [0.25, 0.3) is 0 Å². The van der Waals surface area contributed by atoms with Gasteiger partial charge in [-0.2, -0.15) is 0 Å². The first-order chi connectivity index (χ1) is 8.14. The maximum atomic E-state index is 9.61. The molecule has 0 unspecified atom stereocenters. The van der Waals surface area contributed by atoms with Crippen LogP contribution in [-0.2, 0) is 4.43 Å². The second kappa shape index (κ2) is 7.63. The molecule has 0 aromatic rings. The normalized spacial score (nSPS) is 16.7. The van der Waals surface area contributed by atoms with Gasteiger partial charge in [-0.25, -0.2) is 0 Å². The minimum atomic E-state index is -1.79. The van der Waals surface area contributed by atoms with Crippen molar-refractivity contribution in [1.29, 1.82) is 0 Å². The first-order valence-electron chi connectivity index (χ1n) is 7.10. The van der Waals surface area contributed by atoms with E-state index in [0.29, 0.717) is 6.42 Å². The Labute approximate surface area is 114 Å². The smallest absolute Gasteiger partial charge is 0.192 e. The van der Waals surface area contributed by atoms with Gasteiger partial charge >= 0.3 is 0 Å². The van der Waals surface area contributed by atoms with E-state index in [1.165, 1.54) is 0 Å². The number of hydrogen-bond donors (Lipinski definition) is 2. The molecular weight excluding hydrogens is 244 g/mol. The van der Waals surface area contributed by atoms with E-state index in [1.54, 1.807) is 0 Å². The zero-order valence-electron chi connectivity index (χ0n) is 13.0. The monoisotopic (exact) mass is 276 g/mol. The Morgan fingerprint density at radius 2 is 1.78 bits per heavy atom. The van der Waals surface area contributed by atoms with Crippen molar-refractivity contribution in [2.75, 3.05) is 6.61 Å². The summed E-state index contributed by atoms with van der Waals surface area (Å²) in [5.41, 5.74) is 0. The zero-order chi connectivity index (χ0) is 14.4. The number of rotatable bonds is 8. The molecule has 0 bridgehead atoms. The highest BCUT2D eigenvalue weighted by atomic mass is 28.4. The number of hydrogen-bond acceptors (Lipinski definition) is 3. The number of unbranched alkanes of at least 4 members (excludes halogenated alkanes) is 1. The van der Waals surface area contributed by atoms with Crippen molar-refractivity contribution in [3.8, 4) is 0 Å². The molecule has 0 rings (SSSR count). The Balaban J connectivity index is 4.57. The standard InChI is InChI=1S/C14H32O3Si/c1-7-8-9-13(10-12(16)11-15)17-18(5,6)14(2,3)4/h12-13,15-16H,7-11H2,1-6H3/t12-,13+/m0/s1. The van der Waals surface area contributed by atoms with E-state index in [-0.39, 0.29) is 17.7 Å². The summed E-state index contributed by atoms with van der Waals surface area (Å²) in [6.45, 7) is 13.1. The quantitative estimate of drug-likeness (QED) is 0.669. The van der Waals surface area contributed by atoms with Crippen LogP contribution in [0.4, 0.5) is 0 Å². The summed E-state index contributed by atoms with van der Waals surface area (Å²) in [5.74, 6) is 0. The summed E-state index contributed by atoms with van der Waals surface area (Å²) < 4.78 is 6.34. The van der Waals surface area contributed by atoms with E-state index in [9.17, 15) is 5.11 Å². The molecular formula is C14H32O3Si. The van der Waals surface area contributed by atoms with Crippen molar-refractivity contribution in [2.45, 2.75) is 83.7 Å². The first kappa shape index (κ1) is 18.1. The van der Waals surface area contributed by atoms with Gasteiger partial charge in [0.25, 0.3) is 0 Å². The molecule has 0 heterocycles. The maximum absolute atomic E-state index is 9.61. The van der Waals surface area contributed by atoms with Crippen molar-refractivity contribution in [3.63, 3.8) is 0 Å². The molecule has 0 radical (unpaired) electrons.